The zero-order chi connectivity index (χ0) is 18.5. The number of carbonyl (C=O) groups excluding carboxylic acids is 2. The summed E-state index contributed by atoms with van der Waals surface area (Å²) < 4.78 is 6.93. The third-order valence-electron chi connectivity index (χ3n) is 3.64. The standard InChI is InChI=1S/C19H17BrN2O3S/c1-12-6-7-14(13(20)10-12)21-17(23)11-25-19(24)9-8-18-22-15-4-2-3-5-16(15)26-18/h2-7,10H,8-9,11H2,1H3,(H,21,23). The highest BCUT2D eigenvalue weighted by molar-refractivity contribution is 9.10. The Morgan fingerprint density at radius 3 is 2.81 bits per heavy atom. The average Bonchev–Trinajstić information content (AvgIpc) is 3.03. The molecule has 0 spiro atoms. The molecule has 7 heteroatoms. The smallest absolute Gasteiger partial charge is 0.306 e. The molecule has 0 saturated carbocycles. The molecule has 5 nitrogen and oxygen atoms in total. The summed E-state index contributed by atoms with van der Waals surface area (Å²) in [7, 11) is 0. The van der Waals surface area contributed by atoms with Gasteiger partial charge in [-0.2, -0.15) is 0 Å². The van der Waals surface area contributed by atoms with E-state index in [4.69, 9.17) is 4.74 Å². The number of ether oxygens (including phenoxy) is 1. The SMILES string of the molecule is Cc1ccc(NC(=O)COC(=O)CCc2nc3ccccc3s2)c(Br)c1. The van der Waals surface area contributed by atoms with Gasteiger partial charge in [-0.25, -0.2) is 4.98 Å². The first-order chi connectivity index (χ1) is 12.5. The van der Waals surface area contributed by atoms with Gasteiger partial charge < -0.3 is 10.1 Å². The minimum Gasteiger partial charge on any atom is -0.456 e. The van der Waals surface area contributed by atoms with Crippen LogP contribution in [0, 0.1) is 6.92 Å². The Bertz CT molecular complexity index is 922. The molecule has 1 N–H and O–H groups in total. The van der Waals surface area contributed by atoms with Crippen molar-refractivity contribution in [2.75, 3.05) is 11.9 Å². The van der Waals surface area contributed by atoms with Gasteiger partial charge in [-0.3, -0.25) is 9.59 Å². The van der Waals surface area contributed by atoms with Crippen LogP contribution in [0.15, 0.2) is 46.9 Å². The van der Waals surface area contributed by atoms with Gasteiger partial charge in [0, 0.05) is 10.9 Å². The number of fused-ring (bicyclic) bond motifs is 1. The lowest BCUT2D eigenvalue weighted by atomic mass is 10.2. The van der Waals surface area contributed by atoms with Crippen LogP contribution in [-0.4, -0.2) is 23.5 Å². The number of hydrogen-bond acceptors (Lipinski definition) is 5. The van der Waals surface area contributed by atoms with Crippen LogP contribution >= 0.6 is 27.3 Å². The number of amides is 1. The second kappa shape index (κ2) is 8.42. The molecule has 26 heavy (non-hydrogen) atoms. The zero-order valence-corrected chi connectivity index (χ0v) is 16.5. The minimum absolute atomic E-state index is 0.196. The normalized spacial score (nSPS) is 10.7. The maximum Gasteiger partial charge on any atom is 0.306 e. The van der Waals surface area contributed by atoms with Gasteiger partial charge >= 0.3 is 5.97 Å². The molecule has 0 atom stereocenters. The van der Waals surface area contributed by atoms with E-state index in [2.05, 4.69) is 26.2 Å². The van der Waals surface area contributed by atoms with Crippen molar-refractivity contribution in [1.82, 2.24) is 4.98 Å². The number of rotatable bonds is 6. The van der Waals surface area contributed by atoms with E-state index in [0.717, 1.165) is 25.3 Å². The Morgan fingerprint density at radius 1 is 1.23 bits per heavy atom. The van der Waals surface area contributed by atoms with E-state index in [1.165, 1.54) is 0 Å². The van der Waals surface area contributed by atoms with Crippen LogP contribution < -0.4 is 5.32 Å². The molecule has 3 aromatic rings. The summed E-state index contributed by atoms with van der Waals surface area (Å²) in [5, 5.41) is 3.60. The highest BCUT2D eigenvalue weighted by Gasteiger charge is 2.11. The number of benzene rings is 2. The van der Waals surface area contributed by atoms with Crippen LogP contribution in [0.1, 0.15) is 17.0 Å². The Balaban J connectivity index is 1.45. The molecule has 0 bridgehead atoms. The van der Waals surface area contributed by atoms with Crippen molar-refractivity contribution in [2.45, 2.75) is 19.8 Å². The summed E-state index contributed by atoms with van der Waals surface area (Å²) in [4.78, 5) is 28.3. The topological polar surface area (TPSA) is 68.3 Å². The summed E-state index contributed by atoms with van der Waals surface area (Å²) in [5.41, 5.74) is 2.66. The number of hydrogen-bond donors (Lipinski definition) is 1. The molecule has 1 heterocycles. The molecule has 134 valence electrons. The fourth-order valence-electron chi connectivity index (χ4n) is 2.36. The number of esters is 1. The van der Waals surface area contributed by atoms with Gasteiger partial charge in [-0.05, 0) is 52.7 Å². The van der Waals surface area contributed by atoms with Crippen molar-refractivity contribution in [3.8, 4) is 0 Å². The molecular formula is C19H17BrN2O3S. The van der Waals surface area contributed by atoms with Gasteiger partial charge in [0.25, 0.3) is 5.91 Å². The third-order valence-corrected chi connectivity index (χ3v) is 5.40. The first-order valence-electron chi connectivity index (χ1n) is 8.07. The summed E-state index contributed by atoms with van der Waals surface area (Å²) >= 11 is 4.96. The Morgan fingerprint density at radius 2 is 2.04 bits per heavy atom. The Labute approximate surface area is 163 Å². The number of carbonyl (C=O) groups is 2. The van der Waals surface area contributed by atoms with Crippen molar-refractivity contribution >= 4 is 55.0 Å². The van der Waals surface area contributed by atoms with Crippen LogP contribution in [-0.2, 0) is 20.7 Å². The molecule has 0 aliphatic rings. The molecule has 0 unspecified atom stereocenters. The van der Waals surface area contributed by atoms with Crippen molar-refractivity contribution in [2.24, 2.45) is 0 Å². The lowest BCUT2D eigenvalue weighted by molar-refractivity contribution is -0.147. The predicted molar refractivity (Wildman–Crippen MR) is 106 cm³/mol. The predicted octanol–water partition coefficient (Wildman–Crippen LogP) is 4.48. The first-order valence-corrected chi connectivity index (χ1v) is 9.68. The number of halogens is 1. The van der Waals surface area contributed by atoms with Crippen LogP contribution in [0.5, 0.6) is 0 Å². The lowest BCUT2D eigenvalue weighted by Gasteiger charge is -2.08. The van der Waals surface area contributed by atoms with Gasteiger partial charge in [-0.15, -0.1) is 11.3 Å². The third kappa shape index (κ3) is 4.89. The molecule has 0 radical (unpaired) electrons. The number of thiazole rings is 1. The van der Waals surface area contributed by atoms with Gasteiger partial charge in [-0.1, -0.05) is 18.2 Å². The average molecular weight is 433 g/mol. The van der Waals surface area contributed by atoms with Crippen molar-refractivity contribution in [1.29, 1.82) is 0 Å². The highest BCUT2D eigenvalue weighted by atomic mass is 79.9. The molecule has 2 aromatic carbocycles. The molecule has 0 saturated heterocycles. The Kier molecular flexibility index (Phi) is 6.00. The number of nitrogens with zero attached hydrogens (tertiary/aromatic N) is 1. The van der Waals surface area contributed by atoms with Gasteiger partial charge in [0.05, 0.1) is 27.3 Å². The van der Waals surface area contributed by atoms with E-state index in [-0.39, 0.29) is 18.9 Å². The molecule has 1 amide bonds. The van der Waals surface area contributed by atoms with Gasteiger partial charge in [0.1, 0.15) is 0 Å². The second-order valence-corrected chi connectivity index (χ2v) is 7.74. The fourth-order valence-corrected chi connectivity index (χ4v) is 3.92. The maximum atomic E-state index is 11.9. The van der Waals surface area contributed by atoms with Crippen molar-refractivity contribution in [3.05, 3.63) is 57.5 Å². The van der Waals surface area contributed by atoms with Crippen LogP contribution in [0.25, 0.3) is 10.2 Å². The van der Waals surface area contributed by atoms with E-state index in [1.807, 2.05) is 43.3 Å². The zero-order valence-electron chi connectivity index (χ0n) is 14.1. The van der Waals surface area contributed by atoms with E-state index in [0.29, 0.717) is 12.1 Å². The summed E-state index contributed by atoms with van der Waals surface area (Å²) in [6.45, 7) is 1.66. The number of para-hydroxylation sites is 1. The second-order valence-electron chi connectivity index (χ2n) is 5.77. The first kappa shape index (κ1) is 18.5. The molecular weight excluding hydrogens is 416 g/mol. The maximum absolute atomic E-state index is 11.9. The van der Waals surface area contributed by atoms with E-state index in [9.17, 15) is 9.59 Å². The quantitative estimate of drug-likeness (QED) is 0.582. The monoisotopic (exact) mass is 432 g/mol. The number of anilines is 1. The van der Waals surface area contributed by atoms with E-state index in [1.54, 1.807) is 17.4 Å². The minimum atomic E-state index is -0.414. The summed E-state index contributed by atoms with van der Waals surface area (Å²) in [6.07, 6.45) is 0.699. The summed E-state index contributed by atoms with van der Waals surface area (Å²) in [6, 6.07) is 13.4. The van der Waals surface area contributed by atoms with Crippen molar-refractivity contribution < 1.29 is 14.3 Å². The molecule has 3 rings (SSSR count). The number of nitrogens with one attached hydrogen (secondary N) is 1. The van der Waals surface area contributed by atoms with Crippen molar-refractivity contribution in [3.63, 3.8) is 0 Å². The van der Waals surface area contributed by atoms with Crippen LogP contribution in [0.2, 0.25) is 0 Å². The molecule has 0 aliphatic heterocycles. The largest absolute Gasteiger partial charge is 0.456 e. The molecule has 0 fully saturated rings. The highest BCUT2D eigenvalue weighted by Crippen LogP contribution is 2.24. The van der Waals surface area contributed by atoms with E-state index >= 15 is 0 Å². The van der Waals surface area contributed by atoms with Gasteiger partial charge in [0.15, 0.2) is 6.61 Å². The van der Waals surface area contributed by atoms with Crippen LogP contribution in [0.3, 0.4) is 0 Å². The number of aryl methyl sites for hydroxylation is 2. The fraction of sp³-hybridized carbons (Fsp3) is 0.211. The lowest BCUT2D eigenvalue weighted by Crippen LogP contribution is -2.21. The Hall–Kier alpha value is -2.25. The molecule has 0 aliphatic carbocycles. The van der Waals surface area contributed by atoms with Gasteiger partial charge in [0.2, 0.25) is 0 Å². The summed E-state index contributed by atoms with van der Waals surface area (Å²) in [5.74, 6) is -0.787. The van der Waals surface area contributed by atoms with E-state index < -0.39 is 5.97 Å². The molecule has 1 aromatic heterocycles. The van der Waals surface area contributed by atoms with Crippen LogP contribution in [0.4, 0.5) is 5.69 Å². The number of aromatic nitrogens is 1.